The average Bonchev–Trinajstić information content (AvgIpc) is 2.88. The van der Waals surface area contributed by atoms with Crippen molar-refractivity contribution in [1.29, 1.82) is 0 Å². The molecule has 0 heterocycles. The molecule has 0 bridgehead atoms. The number of halogens is 2. The van der Waals surface area contributed by atoms with Crippen LogP contribution in [-0.2, 0) is 6.42 Å². The molecule has 0 radical (unpaired) electrons. The molecule has 0 aliphatic heterocycles. The van der Waals surface area contributed by atoms with Gasteiger partial charge in [-0.15, -0.1) is 0 Å². The number of aromatic hydroxyl groups is 2. The molecule has 0 saturated carbocycles. The highest BCUT2D eigenvalue weighted by Crippen LogP contribution is 2.31. The quantitative estimate of drug-likeness (QED) is 0.244. The fraction of sp³-hybridized carbons (Fsp3) is 0.161. The van der Waals surface area contributed by atoms with Crippen molar-refractivity contribution < 1.29 is 10.2 Å². The van der Waals surface area contributed by atoms with Crippen LogP contribution in [0.15, 0.2) is 70.6 Å². The third-order valence-corrected chi connectivity index (χ3v) is 7.55. The SMILES string of the molecule is Cc1cc(O)c(C=Nc2ccc(Cc3ccc(N=Cc4c(O)cc(C)c(Cl)c4C)cc3)cc2)c(C)c1Cl. The molecule has 188 valence electrons. The van der Waals surface area contributed by atoms with E-state index in [-0.39, 0.29) is 11.5 Å². The van der Waals surface area contributed by atoms with Crippen molar-refractivity contribution >= 4 is 47.0 Å². The van der Waals surface area contributed by atoms with Gasteiger partial charge in [-0.05, 0) is 104 Å². The lowest BCUT2D eigenvalue weighted by molar-refractivity contribution is 0.473. The fourth-order valence-electron chi connectivity index (χ4n) is 4.14. The molecule has 0 saturated heterocycles. The smallest absolute Gasteiger partial charge is 0.124 e. The molecule has 4 aromatic rings. The van der Waals surface area contributed by atoms with Gasteiger partial charge in [0.1, 0.15) is 11.5 Å². The van der Waals surface area contributed by atoms with Gasteiger partial charge in [0.05, 0.1) is 11.4 Å². The van der Waals surface area contributed by atoms with E-state index in [1.54, 1.807) is 24.6 Å². The number of phenols is 2. The molecule has 4 rings (SSSR count). The third-order valence-electron chi connectivity index (χ3n) is 6.38. The highest BCUT2D eigenvalue weighted by molar-refractivity contribution is 6.33. The summed E-state index contributed by atoms with van der Waals surface area (Å²) in [5.74, 6) is 0.337. The number of phenolic OH excluding ortho intramolecular Hbond substituents is 2. The van der Waals surface area contributed by atoms with E-state index in [1.165, 1.54) is 0 Å². The van der Waals surface area contributed by atoms with Gasteiger partial charge in [-0.2, -0.15) is 0 Å². The van der Waals surface area contributed by atoms with Gasteiger partial charge < -0.3 is 10.2 Å². The number of aryl methyl sites for hydroxylation is 2. The minimum atomic E-state index is 0.169. The van der Waals surface area contributed by atoms with Gasteiger partial charge >= 0.3 is 0 Å². The van der Waals surface area contributed by atoms with Crippen LogP contribution in [0.5, 0.6) is 11.5 Å². The summed E-state index contributed by atoms with van der Waals surface area (Å²) in [5.41, 5.74) is 8.43. The zero-order valence-electron chi connectivity index (χ0n) is 21.2. The number of hydrogen-bond donors (Lipinski definition) is 2. The third kappa shape index (κ3) is 6.04. The van der Waals surface area contributed by atoms with Gasteiger partial charge in [0.25, 0.3) is 0 Å². The second kappa shape index (κ2) is 11.2. The van der Waals surface area contributed by atoms with Gasteiger partial charge in [0.2, 0.25) is 0 Å². The minimum absolute atomic E-state index is 0.169. The number of benzene rings is 4. The lowest BCUT2D eigenvalue weighted by atomic mass is 10.0. The predicted molar refractivity (Wildman–Crippen MR) is 155 cm³/mol. The summed E-state index contributed by atoms with van der Waals surface area (Å²) in [5, 5.41) is 21.8. The van der Waals surface area contributed by atoms with E-state index in [2.05, 4.69) is 9.98 Å². The van der Waals surface area contributed by atoms with Crippen molar-refractivity contribution in [2.75, 3.05) is 0 Å². The van der Waals surface area contributed by atoms with Crippen molar-refractivity contribution in [2.45, 2.75) is 34.1 Å². The largest absolute Gasteiger partial charge is 0.507 e. The van der Waals surface area contributed by atoms with Crippen LogP contribution < -0.4 is 0 Å². The lowest BCUT2D eigenvalue weighted by Crippen LogP contribution is -1.92. The topological polar surface area (TPSA) is 65.2 Å². The van der Waals surface area contributed by atoms with E-state index in [0.29, 0.717) is 21.2 Å². The molecule has 0 amide bonds. The maximum atomic E-state index is 10.3. The fourth-order valence-corrected chi connectivity index (χ4v) is 4.46. The molecular formula is C31H28Cl2N2O2. The highest BCUT2D eigenvalue weighted by atomic mass is 35.5. The van der Waals surface area contributed by atoms with Crippen molar-refractivity contribution in [3.8, 4) is 11.5 Å². The van der Waals surface area contributed by atoms with E-state index in [0.717, 1.165) is 51.2 Å². The van der Waals surface area contributed by atoms with E-state index >= 15 is 0 Å². The first-order chi connectivity index (χ1) is 17.6. The summed E-state index contributed by atoms with van der Waals surface area (Å²) < 4.78 is 0. The van der Waals surface area contributed by atoms with E-state index in [1.807, 2.05) is 76.2 Å². The Morgan fingerprint density at radius 3 is 1.32 bits per heavy atom. The van der Waals surface area contributed by atoms with Gasteiger partial charge in [-0.3, -0.25) is 9.98 Å². The van der Waals surface area contributed by atoms with Crippen LogP contribution in [0.4, 0.5) is 11.4 Å². The van der Waals surface area contributed by atoms with E-state index < -0.39 is 0 Å². The molecule has 4 aromatic carbocycles. The van der Waals surface area contributed by atoms with Crippen molar-refractivity contribution in [1.82, 2.24) is 0 Å². The van der Waals surface area contributed by atoms with E-state index in [9.17, 15) is 10.2 Å². The van der Waals surface area contributed by atoms with Crippen LogP contribution in [0, 0.1) is 27.7 Å². The van der Waals surface area contributed by atoms with Crippen LogP contribution >= 0.6 is 23.2 Å². The normalized spacial score (nSPS) is 11.6. The Hall–Kier alpha value is -3.60. The van der Waals surface area contributed by atoms with Crippen molar-refractivity contribution in [3.05, 3.63) is 115 Å². The minimum Gasteiger partial charge on any atom is -0.507 e. The Morgan fingerprint density at radius 1 is 0.622 bits per heavy atom. The van der Waals surface area contributed by atoms with Gasteiger partial charge in [0.15, 0.2) is 0 Å². The summed E-state index contributed by atoms with van der Waals surface area (Å²) in [4.78, 5) is 9.02. The van der Waals surface area contributed by atoms with Gasteiger partial charge in [-0.25, -0.2) is 0 Å². The maximum absolute atomic E-state index is 10.3. The molecule has 0 fully saturated rings. The van der Waals surface area contributed by atoms with Crippen molar-refractivity contribution in [3.63, 3.8) is 0 Å². The Balaban J connectivity index is 1.43. The zero-order chi connectivity index (χ0) is 26.7. The van der Waals surface area contributed by atoms with Crippen LogP contribution in [0.25, 0.3) is 0 Å². The number of aliphatic imine (C=N–C) groups is 2. The lowest BCUT2D eigenvalue weighted by Gasteiger charge is -2.09. The number of hydrogen-bond acceptors (Lipinski definition) is 4. The summed E-state index contributed by atoms with van der Waals surface area (Å²) in [6, 6.07) is 19.3. The average molecular weight is 531 g/mol. The van der Waals surface area contributed by atoms with Crippen LogP contribution in [0.3, 0.4) is 0 Å². The second-order valence-electron chi connectivity index (χ2n) is 9.16. The first-order valence-corrected chi connectivity index (χ1v) is 12.6. The molecule has 2 N–H and O–H groups in total. The highest BCUT2D eigenvalue weighted by Gasteiger charge is 2.11. The predicted octanol–water partition coefficient (Wildman–Crippen LogP) is 8.73. The molecule has 0 spiro atoms. The summed E-state index contributed by atoms with van der Waals surface area (Å²) >= 11 is 12.6. The number of rotatable bonds is 6. The monoisotopic (exact) mass is 530 g/mol. The zero-order valence-corrected chi connectivity index (χ0v) is 22.7. The molecule has 6 heteroatoms. The Kier molecular flexibility index (Phi) is 8.01. The maximum Gasteiger partial charge on any atom is 0.124 e. The first kappa shape index (κ1) is 26.5. The van der Waals surface area contributed by atoms with Gasteiger partial charge in [-0.1, -0.05) is 47.5 Å². The van der Waals surface area contributed by atoms with Crippen LogP contribution in [-0.4, -0.2) is 22.6 Å². The summed E-state index contributed by atoms with van der Waals surface area (Å²) in [6.45, 7) is 7.48. The molecule has 4 nitrogen and oxygen atoms in total. The summed E-state index contributed by atoms with van der Waals surface area (Å²) in [7, 11) is 0. The molecule has 37 heavy (non-hydrogen) atoms. The molecule has 0 aliphatic rings. The van der Waals surface area contributed by atoms with Crippen molar-refractivity contribution in [2.24, 2.45) is 9.98 Å². The van der Waals surface area contributed by atoms with Crippen LogP contribution in [0.2, 0.25) is 10.0 Å². The second-order valence-corrected chi connectivity index (χ2v) is 9.91. The van der Waals surface area contributed by atoms with E-state index in [4.69, 9.17) is 23.2 Å². The molecule has 0 aliphatic carbocycles. The molecule has 0 unspecified atom stereocenters. The van der Waals surface area contributed by atoms with Gasteiger partial charge in [0, 0.05) is 33.6 Å². The van der Waals surface area contributed by atoms with Crippen LogP contribution in [0.1, 0.15) is 44.5 Å². The Labute approximate surface area is 227 Å². The Bertz CT molecular complexity index is 1390. The molecular weight excluding hydrogens is 503 g/mol. The standard InChI is InChI=1S/C31H28Cl2N2O2/c1-18-13-28(36)26(20(3)30(18)32)16-34-24-9-5-22(6-10-24)15-23-7-11-25(12-8-23)35-17-27-21(4)31(33)19(2)14-29(27)37/h5-14,16-17,36-37H,15H2,1-4H3. The Morgan fingerprint density at radius 2 is 0.973 bits per heavy atom. The first-order valence-electron chi connectivity index (χ1n) is 11.9. The molecule has 0 aromatic heterocycles. The number of nitrogens with zero attached hydrogens (tertiary/aromatic N) is 2. The molecule has 0 atom stereocenters. The summed E-state index contributed by atoms with van der Waals surface area (Å²) in [6.07, 6.45) is 4.07.